The highest BCUT2D eigenvalue weighted by molar-refractivity contribution is 5.85. The van der Waals surface area contributed by atoms with Crippen molar-refractivity contribution < 1.29 is 14.3 Å². The van der Waals surface area contributed by atoms with E-state index in [9.17, 15) is 9.59 Å². The number of rotatable bonds is 6. The van der Waals surface area contributed by atoms with Crippen LogP contribution in [0.5, 0.6) is 0 Å². The predicted molar refractivity (Wildman–Crippen MR) is 63.2 cm³/mol. The van der Waals surface area contributed by atoms with Gasteiger partial charge in [-0.05, 0) is 13.0 Å². The average molecular weight is 243 g/mol. The molecule has 1 aliphatic rings. The molecule has 1 fully saturated rings. The van der Waals surface area contributed by atoms with Crippen molar-refractivity contribution in [3.63, 3.8) is 0 Å². The highest BCUT2D eigenvalue weighted by Crippen LogP contribution is 2.16. The molecule has 0 bridgehead atoms. The zero-order valence-electron chi connectivity index (χ0n) is 10.4. The van der Waals surface area contributed by atoms with Gasteiger partial charge in [-0.25, -0.2) is 0 Å². The van der Waals surface area contributed by atoms with Crippen LogP contribution >= 0.6 is 0 Å². The van der Waals surface area contributed by atoms with E-state index in [0.29, 0.717) is 13.2 Å². The Morgan fingerprint density at radius 3 is 2.76 bits per heavy atom. The van der Waals surface area contributed by atoms with Crippen LogP contribution in [0, 0.1) is 5.92 Å². The van der Waals surface area contributed by atoms with Gasteiger partial charge in [-0.15, -0.1) is 0 Å². The maximum absolute atomic E-state index is 12.1. The maximum atomic E-state index is 12.1. The van der Waals surface area contributed by atoms with Gasteiger partial charge in [-0.1, -0.05) is 6.92 Å². The first-order valence-corrected chi connectivity index (χ1v) is 5.90. The van der Waals surface area contributed by atoms with Gasteiger partial charge in [-0.2, -0.15) is 0 Å². The standard InChI is InChI=1S/C11H21N3O3/c1-3-4-13-9-7-17-6-8(9)11(16)14(2)5-10(12)15/h8-9,13H,3-7H2,1-2H3,(H2,12,15). The number of nitrogens with two attached hydrogens (primary N) is 1. The van der Waals surface area contributed by atoms with E-state index in [4.69, 9.17) is 10.5 Å². The molecule has 1 rings (SSSR count). The van der Waals surface area contributed by atoms with E-state index < -0.39 is 5.91 Å². The van der Waals surface area contributed by atoms with Gasteiger partial charge in [0.05, 0.1) is 25.7 Å². The van der Waals surface area contributed by atoms with Crippen LogP contribution in [0.2, 0.25) is 0 Å². The molecule has 6 heteroatoms. The molecule has 1 saturated heterocycles. The van der Waals surface area contributed by atoms with Gasteiger partial charge < -0.3 is 20.7 Å². The summed E-state index contributed by atoms with van der Waals surface area (Å²) in [5.41, 5.74) is 5.06. The molecule has 2 atom stereocenters. The first-order chi connectivity index (χ1) is 8.06. The van der Waals surface area contributed by atoms with Gasteiger partial charge in [-0.3, -0.25) is 9.59 Å². The van der Waals surface area contributed by atoms with E-state index in [2.05, 4.69) is 12.2 Å². The summed E-state index contributed by atoms with van der Waals surface area (Å²) < 4.78 is 5.32. The molecule has 3 N–H and O–H groups in total. The molecule has 17 heavy (non-hydrogen) atoms. The third-order valence-corrected chi connectivity index (χ3v) is 2.82. The van der Waals surface area contributed by atoms with E-state index in [0.717, 1.165) is 13.0 Å². The second kappa shape index (κ2) is 6.56. The van der Waals surface area contributed by atoms with E-state index in [-0.39, 0.29) is 24.4 Å². The summed E-state index contributed by atoms with van der Waals surface area (Å²) in [5.74, 6) is -0.807. The Bertz CT molecular complexity index is 283. The Morgan fingerprint density at radius 2 is 2.18 bits per heavy atom. The predicted octanol–water partition coefficient (Wildman–Crippen LogP) is -1.06. The Kier molecular flexibility index (Phi) is 5.37. The van der Waals surface area contributed by atoms with Gasteiger partial charge >= 0.3 is 0 Å². The second-order valence-electron chi connectivity index (χ2n) is 4.37. The van der Waals surface area contributed by atoms with Gasteiger partial charge in [0.2, 0.25) is 11.8 Å². The van der Waals surface area contributed by atoms with Crippen molar-refractivity contribution >= 4 is 11.8 Å². The Labute approximate surface area is 101 Å². The molecule has 98 valence electrons. The van der Waals surface area contributed by atoms with Gasteiger partial charge in [0, 0.05) is 13.1 Å². The summed E-state index contributed by atoms with van der Waals surface area (Å²) >= 11 is 0. The van der Waals surface area contributed by atoms with E-state index >= 15 is 0 Å². The number of nitrogens with zero attached hydrogens (tertiary/aromatic N) is 1. The minimum Gasteiger partial charge on any atom is -0.379 e. The quantitative estimate of drug-likeness (QED) is 0.623. The molecular weight excluding hydrogens is 222 g/mol. The molecule has 0 radical (unpaired) electrons. The minimum atomic E-state index is -0.502. The van der Waals surface area contributed by atoms with Crippen molar-refractivity contribution in [1.29, 1.82) is 0 Å². The normalized spacial score (nSPS) is 23.6. The number of amides is 2. The lowest BCUT2D eigenvalue weighted by Crippen LogP contribution is -2.46. The largest absolute Gasteiger partial charge is 0.379 e. The summed E-state index contributed by atoms with van der Waals surface area (Å²) in [6.07, 6.45) is 1.01. The molecule has 0 aromatic carbocycles. The van der Waals surface area contributed by atoms with Crippen molar-refractivity contribution in [3.05, 3.63) is 0 Å². The molecule has 1 heterocycles. The van der Waals surface area contributed by atoms with Crippen LogP contribution in [0.3, 0.4) is 0 Å². The van der Waals surface area contributed by atoms with Crippen LogP contribution in [0.15, 0.2) is 0 Å². The zero-order chi connectivity index (χ0) is 12.8. The summed E-state index contributed by atoms with van der Waals surface area (Å²) in [7, 11) is 1.59. The van der Waals surface area contributed by atoms with Crippen LogP contribution in [-0.2, 0) is 14.3 Å². The molecule has 6 nitrogen and oxygen atoms in total. The zero-order valence-corrected chi connectivity index (χ0v) is 10.4. The molecule has 0 aromatic rings. The highest BCUT2D eigenvalue weighted by Gasteiger charge is 2.35. The van der Waals surface area contributed by atoms with Crippen LogP contribution < -0.4 is 11.1 Å². The Morgan fingerprint density at radius 1 is 1.47 bits per heavy atom. The number of hydrogen-bond donors (Lipinski definition) is 2. The number of likely N-dealkylation sites (N-methyl/N-ethyl adjacent to an activating group) is 1. The molecule has 1 aliphatic heterocycles. The van der Waals surface area contributed by atoms with Crippen LogP contribution in [0.4, 0.5) is 0 Å². The summed E-state index contributed by atoms with van der Waals surface area (Å²) in [5, 5.41) is 3.28. The van der Waals surface area contributed by atoms with Crippen LogP contribution in [0.25, 0.3) is 0 Å². The number of ether oxygens (including phenoxy) is 1. The van der Waals surface area contributed by atoms with E-state index in [1.165, 1.54) is 4.90 Å². The first-order valence-electron chi connectivity index (χ1n) is 5.90. The molecule has 0 aliphatic carbocycles. The number of carbonyl (C=O) groups excluding carboxylic acids is 2. The van der Waals surface area contributed by atoms with Crippen molar-refractivity contribution in [3.8, 4) is 0 Å². The monoisotopic (exact) mass is 243 g/mol. The number of hydrogen-bond acceptors (Lipinski definition) is 4. The lowest BCUT2D eigenvalue weighted by atomic mass is 10.0. The topological polar surface area (TPSA) is 84.7 Å². The molecule has 0 saturated carbocycles. The third kappa shape index (κ3) is 3.98. The second-order valence-corrected chi connectivity index (χ2v) is 4.37. The molecule has 2 unspecified atom stereocenters. The summed E-state index contributed by atoms with van der Waals surface area (Å²) in [6, 6.07) is 0.0396. The van der Waals surface area contributed by atoms with Gasteiger partial charge in [0.1, 0.15) is 0 Å². The Hall–Kier alpha value is -1.14. The van der Waals surface area contributed by atoms with E-state index in [1.807, 2.05) is 0 Å². The average Bonchev–Trinajstić information content (AvgIpc) is 2.72. The van der Waals surface area contributed by atoms with Crippen LogP contribution in [-0.4, -0.2) is 56.1 Å². The van der Waals surface area contributed by atoms with Crippen molar-refractivity contribution in [2.75, 3.05) is 33.4 Å². The fourth-order valence-corrected chi connectivity index (χ4v) is 1.92. The maximum Gasteiger partial charge on any atom is 0.237 e. The molecular formula is C11H21N3O3. The minimum absolute atomic E-state index is 0.0396. The van der Waals surface area contributed by atoms with Crippen molar-refractivity contribution in [2.24, 2.45) is 11.7 Å². The SMILES string of the molecule is CCCNC1COCC1C(=O)N(C)CC(N)=O. The first kappa shape index (κ1) is 13.9. The lowest BCUT2D eigenvalue weighted by Gasteiger charge is -2.23. The number of primary amides is 1. The van der Waals surface area contributed by atoms with Crippen LogP contribution in [0.1, 0.15) is 13.3 Å². The number of nitrogens with one attached hydrogen (secondary N) is 1. The smallest absolute Gasteiger partial charge is 0.237 e. The fraction of sp³-hybridized carbons (Fsp3) is 0.818. The summed E-state index contributed by atoms with van der Waals surface area (Å²) in [6.45, 7) is 3.83. The number of carbonyl (C=O) groups is 2. The van der Waals surface area contributed by atoms with E-state index in [1.54, 1.807) is 7.05 Å². The lowest BCUT2D eigenvalue weighted by molar-refractivity contribution is -0.137. The summed E-state index contributed by atoms with van der Waals surface area (Å²) in [4.78, 5) is 24.2. The third-order valence-electron chi connectivity index (χ3n) is 2.82. The van der Waals surface area contributed by atoms with Crippen molar-refractivity contribution in [1.82, 2.24) is 10.2 Å². The molecule has 2 amide bonds. The van der Waals surface area contributed by atoms with Gasteiger partial charge in [0.25, 0.3) is 0 Å². The molecule has 0 spiro atoms. The molecule has 0 aromatic heterocycles. The Balaban J connectivity index is 2.51. The van der Waals surface area contributed by atoms with Gasteiger partial charge in [0.15, 0.2) is 0 Å². The van der Waals surface area contributed by atoms with Crippen molar-refractivity contribution in [2.45, 2.75) is 19.4 Å². The highest BCUT2D eigenvalue weighted by atomic mass is 16.5. The fourth-order valence-electron chi connectivity index (χ4n) is 1.92.